The molecule has 0 aromatic heterocycles. The predicted molar refractivity (Wildman–Crippen MR) is 61.1 cm³/mol. The molecular weight excluding hydrogens is 256 g/mol. The monoisotopic (exact) mass is 272 g/mol. The third kappa shape index (κ3) is 2.54. The maximum atomic E-state index is 12.2. The maximum absolute atomic E-state index is 12.2. The van der Waals surface area contributed by atoms with Gasteiger partial charge in [0.25, 0.3) is 0 Å². The van der Waals surface area contributed by atoms with E-state index < -0.39 is 35.7 Å². The minimum absolute atomic E-state index is 0.336. The molecule has 0 spiro atoms. The van der Waals surface area contributed by atoms with Crippen molar-refractivity contribution in [1.82, 2.24) is 4.90 Å². The second-order valence-corrected chi connectivity index (χ2v) is 4.77. The fraction of sp³-hybridized carbons (Fsp3) is 0.727. The molecule has 4 N–H and O–H groups in total. The highest BCUT2D eigenvalue weighted by molar-refractivity contribution is 5.92. The topological polar surface area (TPSA) is 130 Å². The van der Waals surface area contributed by atoms with E-state index in [9.17, 15) is 14.4 Å². The van der Waals surface area contributed by atoms with Crippen LogP contribution in [0, 0.1) is 17.8 Å². The van der Waals surface area contributed by atoms with Gasteiger partial charge in [0.2, 0.25) is 5.91 Å². The summed E-state index contributed by atoms with van der Waals surface area (Å²) in [5, 5.41) is 17.9. The summed E-state index contributed by atoms with van der Waals surface area (Å²) in [7, 11) is 0. The second kappa shape index (κ2) is 5.14. The number of carboxylic acids is 2. The molecule has 2 fully saturated rings. The first-order valence-corrected chi connectivity index (χ1v) is 6.03. The fourth-order valence-electron chi connectivity index (χ4n) is 2.58. The summed E-state index contributed by atoms with van der Waals surface area (Å²) < 4.78 is 5.11. The Morgan fingerprint density at radius 2 is 1.74 bits per heavy atom. The minimum atomic E-state index is -1.32. The van der Waals surface area contributed by atoms with Crippen LogP contribution in [-0.4, -0.2) is 65.3 Å². The molecule has 19 heavy (non-hydrogen) atoms. The first kappa shape index (κ1) is 13.8. The van der Waals surface area contributed by atoms with Crippen molar-refractivity contribution in [2.45, 2.75) is 6.04 Å². The Labute approximate surface area is 109 Å². The number of carbonyl (C=O) groups is 3. The Morgan fingerprint density at radius 1 is 1.16 bits per heavy atom. The average molecular weight is 272 g/mol. The molecule has 0 aromatic rings. The van der Waals surface area contributed by atoms with Crippen LogP contribution < -0.4 is 5.73 Å². The van der Waals surface area contributed by atoms with Crippen LogP contribution in [0.1, 0.15) is 0 Å². The van der Waals surface area contributed by atoms with Crippen molar-refractivity contribution in [3.63, 3.8) is 0 Å². The molecule has 1 saturated carbocycles. The van der Waals surface area contributed by atoms with E-state index in [1.165, 1.54) is 4.90 Å². The average Bonchev–Trinajstić information content (AvgIpc) is 3.13. The van der Waals surface area contributed by atoms with Crippen molar-refractivity contribution in [1.29, 1.82) is 0 Å². The van der Waals surface area contributed by atoms with Gasteiger partial charge in [-0.25, -0.2) is 0 Å². The van der Waals surface area contributed by atoms with Crippen LogP contribution in [0.3, 0.4) is 0 Å². The number of morpholine rings is 1. The maximum Gasteiger partial charge on any atom is 0.320 e. The van der Waals surface area contributed by atoms with Crippen molar-refractivity contribution in [3.05, 3.63) is 0 Å². The normalized spacial score (nSPS) is 31.6. The number of carboxylic acid groups (broad SMARTS) is 2. The Balaban J connectivity index is 2.07. The molecule has 4 atom stereocenters. The van der Waals surface area contributed by atoms with Gasteiger partial charge in [-0.15, -0.1) is 0 Å². The molecule has 1 amide bonds. The van der Waals surface area contributed by atoms with Gasteiger partial charge in [0.15, 0.2) is 0 Å². The van der Waals surface area contributed by atoms with Crippen molar-refractivity contribution in [2.75, 3.05) is 26.3 Å². The summed E-state index contributed by atoms with van der Waals surface area (Å²) in [4.78, 5) is 35.6. The summed E-state index contributed by atoms with van der Waals surface area (Å²) in [6, 6.07) is -1.32. The smallest absolute Gasteiger partial charge is 0.320 e. The summed E-state index contributed by atoms with van der Waals surface area (Å²) in [5.74, 6) is -5.45. The van der Waals surface area contributed by atoms with Gasteiger partial charge in [-0.1, -0.05) is 0 Å². The predicted octanol–water partition coefficient (Wildman–Crippen LogP) is -1.80. The van der Waals surface area contributed by atoms with Crippen LogP contribution >= 0.6 is 0 Å². The third-order valence-corrected chi connectivity index (χ3v) is 3.67. The van der Waals surface area contributed by atoms with Crippen LogP contribution in [0.2, 0.25) is 0 Å². The number of carbonyl (C=O) groups excluding carboxylic acids is 1. The summed E-state index contributed by atoms with van der Waals surface area (Å²) in [5.41, 5.74) is 5.45. The van der Waals surface area contributed by atoms with Gasteiger partial charge < -0.3 is 25.6 Å². The highest BCUT2D eigenvalue weighted by atomic mass is 16.5. The number of aliphatic carboxylic acids is 2. The lowest BCUT2D eigenvalue weighted by Crippen LogP contribution is -2.43. The quantitative estimate of drug-likeness (QED) is 0.550. The van der Waals surface area contributed by atoms with Crippen LogP contribution in [0.5, 0.6) is 0 Å². The number of ether oxygens (including phenoxy) is 1. The van der Waals surface area contributed by atoms with E-state index in [1.807, 2.05) is 0 Å². The highest BCUT2D eigenvalue weighted by Crippen LogP contribution is 2.49. The van der Waals surface area contributed by atoms with E-state index in [4.69, 9.17) is 20.7 Å². The minimum Gasteiger partial charge on any atom is -0.481 e. The molecule has 1 heterocycles. The number of nitrogens with zero attached hydrogens (tertiary/aromatic N) is 1. The van der Waals surface area contributed by atoms with E-state index in [-0.39, 0.29) is 5.91 Å². The summed E-state index contributed by atoms with van der Waals surface area (Å²) in [6.45, 7) is 1.62. The number of amides is 1. The van der Waals surface area contributed by atoms with Crippen LogP contribution in [0.4, 0.5) is 0 Å². The van der Waals surface area contributed by atoms with E-state index in [2.05, 4.69) is 0 Å². The number of nitrogens with two attached hydrogens (primary N) is 1. The molecule has 0 aromatic carbocycles. The van der Waals surface area contributed by atoms with Crippen LogP contribution in [0.15, 0.2) is 0 Å². The summed E-state index contributed by atoms with van der Waals surface area (Å²) in [6.07, 6.45) is 0. The molecule has 1 aliphatic carbocycles. The Bertz CT molecular complexity index is 406. The molecule has 1 aliphatic heterocycles. The van der Waals surface area contributed by atoms with E-state index in [1.54, 1.807) is 0 Å². The largest absolute Gasteiger partial charge is 0.481 e. The summed E-state index contributed by atoms with van der Waals surface area (Å²) >= 11 is 0. The van der Waals surface area contributed by atoms with E-state index in [0.29, 0.717) is 26.3 Å². The lowest BCUT2D eigenvalue weighted by atomic mass is 10.1. The Kier molecular flexibility index (Phi) is 3.72. The van der Waals surface area contributed by atoms with Gasteiger partial charge >= 0.3 is 11.9 Å². The first-order chi connectivity index (χ1) is 8.95. The standard InChI is InChI=1S/C11H16N2O6/c12-8(11(17)18)5-6(7(5)10(15)16)9(14)13-1-3-19-4-2-13/h5-8H,1-4,12H2,(H,15,16)(H,17,18). The molecule has 8 nitrogen and oxygen atoms in total. The lowest BCUT2D eigenvalue weighted by Gasteiger charge is -2.27. The Hall–Kier alpha value is -1.67. The lowest BCUT2D eigenvalue weighted by molar-refractivity contribution is -0.143. The van der Waals surface area contributed by atoms with Crippen LogP contribution in [-0.2, 0) is 19.1 Å². The highest BCUT2D eigenvalue weighted by Gasteiger charge is 2.63. The molecule has 2 aliphatic rings. The molecule has 2 rings (SSSR count). The first-order valence-electron chi connectivity index (χ1n) is 6.03. The third-order valence-electron chi connectivity index (χ3n) is 3.67. The van der Waals surface area contributed by atoms with Crippen molar-refractivity contribution in [3.8, 4) is 0 Å². The number of hydrogen-bond acceptors (Lipinski definition) is 5. The second-order valence-electron chi connectivity index (χ2n) is 4.77. The fourth-order valence-corrected chi connectivity index (χ4v) is 2.58. The molecular formula is C11H16N2O6. The molecule has 8 heteroatoms. The van der Waals surface area contributed by atoms with Gasteiger partial charge in [-0.3, -0.25) is 14.4 Å². The number of hydrogen-bond donors (Lipinski definition) is 3. The molecule has 0 bridgehead atoms. The van der Waals surface area contributed by atoms with Gasteiger partial charge in [0, 0.05) is 19.0 Å². The zero-order valence-electron chi connectivity index (χ0n) is 10.2. The zero-order valence-corrected chi connectivity index (χ0v) is 10.2. The van der Waals surface area contributed by atoms with Crippen molar-refractivity contribution < 1.29 is 29.3 Å². The van der Waals surface area contributed by atoms with Crippen molar-refractivity contribution >= 4 is 17.8 Å². The SMILES string of the molecule is NC(C(=O)O)C1C(C(=O)O)C1C(=O)N1CCOCC1. The molecule has 1 saturated heterocycles. The zero-order chi connectivity index (χ0) is 14.2. The van der Waals surface area contributed by atoms with Gasteiger partial charge in [0.05, 0.1) is 25.0 Å². The molecule has 0 radical (unpaired) electrons. The van der Waals surface area contributed by atoms with Gasteiger partial charge in [-0.2, -0.15) is 0 Å². The van der Waals surface area contributed by atoms with Crippen molar-refractivity contribution in [2.24, 2.45) is 23.5 Å². The Morgan fingerprint density at radius 3 is 2.21 bits per heavy atom. The molecule has 4 unspecified atom stereocenters. The molecule has 106 valence electrons. The van der Waals surface area contributed by atoms with Gasteiger partial charge in [-0.05, 0) is 0 Å². The van der Waals surface area contributed by atoms with Crippen LogP contribution in [0.25, 0.3) is 0 Å². The van der Waals surface area contributed by atoms with Gasteiger partial charge in [0.1, 0.15) is 6.04 Å². The number of rotatable bonds is 4. The van der Waals surface area contributed by atoms with E-state index in [0.717, 1.165) is 0 Å². The van der Waals surface area contributed by atoms with E-state index >= 15 is 0 Å².